The molecule has 112 valence electrons. The number of hydrogen-bond donors (Lipinski definition) is 1. The fourth-order valence-corrected chi connectivity index (χ4v) is 3.58. The van der Waals surface area contributed by atoms with E-state index in [0.29, 0.717) is 6.04 Å². The van der Waals surface area contributed by atoms with Crippen molar-refractivity contribution in [3.05, 3.63) is 62.5 Å². The van der Waals surface area contributed by atoms with Crippen LogP contribution >= 0.6 is 31.9 Å². The summed E-state index contributed by atoms with van der Waals surface area (Å²) in [5.41, 5.74) is 2.58. The normalized spacial score (nSPS) is 12.2. The summed E-state index contributed by atoms with van der Waals surface area (Å²) >= 11 is 7.10. The van der Waals surface area contributed by atoms with Gasteiger partial charge in [0.25, 0.3) is 0 Å². The van der Waals surface area contributed by atoms with E-state index in [0.717, 1.165) is 27.7 Å². The van der Waals surface area contributed by atoms with Crippen molar-refractivity contribution in [1.82, 2.24) is 5.32 Å². The molecule has 2 rings (SSSR count). The summed E-state index contributed by atoms with van der Waals surface area (Å²) in [4.78, 5) is 0. The van der Waals surface area contributed by atoms with Crippen LogP contribution in [0.3, 0.4) is 0 Å². The van der Waals surface area contributed by atoms with Crippen LogP contribution in [0.15, 0.2) is 51.4 Å². The summed E-state index contributed by atoms with van der Waals surface area (Å²) in [6, 6.07) is 14.8. The number of halogens is 2. The van der Waals surface area contributed by atoms with Crippen molar-refractivity contribution < 1.29 is 4.74 Å². The minimum Gasteiger partial charge on any atom is -0.497 e. The molecule has 2 aromatic carbocycles. The van der Waals surface area contributed by atoms with Crippen molar-refractivity contribution in [2.45, 2.75) is 19.4 Å². The van der Waals surface area contributed by atoms with Gasteiger partial charge < -0.3 is 10.1 Å². The average Bonchev–Trinajstić information content (AvgIpc) is 2.47. The van der Waals surface area contributed by atoms with Gasteiger partial charge >= 0.3 is 0 Å². The smallest absolute Gasteiger partial charge is 0.118 e. The molecule has 0 bridgehead atoms. The molecule has 1 N–H and O–H groups in total. The predicted molar refractivity (Wildman–Crippen MR) is 95.0 cm³/mol. The molecule has 1 atom stereocenters. The maximum atomic E-state index is 5.17. The summed E-state index contributed by atoms with van der Waals surface area (Å²) in [6.07, 6.45) is 1.00. The third-order valence-electron chi connectivity index (χ3n) is 3.45. The van der Waals surface area contributed by atoms with Gasteiger partial charge in [0.2, 0.25) is 0 Å². The second-order valence-electron chi connectivity index (χ2n) is 4.94. The maximum absolute atomic E-state index is 5.17. The Morgan fingerprint density at radius 3 is 2.43 bits per heavy atom. The van der Waals surface area contributed by atoms with Crippen LogP contribution in [0.2, 0.25) is 0 Å². The lowest BCUT2D eigenvalue weighted by Crippen LogP contribution is -2.21. The second kappa shape index (κ2) is 7.97. The molecule has 0 spiro atoms. The van der Waals surface area contributed by atoms with Gasteiger partial charge in [0.15, 0.2) is 0 Å². The maximum Gasteiger partial charge on any atom is 0.118 e. The van der Waals surface area contributed by atoms with Crippen molar-refractivity contribution in [1.29, 1.82) is 0 Å². The summed E-state index contributed by atoms with van der Waals surface area (Å²) in [5.74, 6) is 0.902. The first kappa shape index (κ1) is 16.5. The third-order valence-corrected chi connectivity index (χ3v) is 4.63. The quantitative estimate of drug-likeness (QED) is 0.711. The summed E-state index contributed by atoms with van der Waals surface area (Å²) < 4.78 is 7.38. The Labute approximate surface area is 143 Å². The monoisotopic (exact) mass is 411 g/mol. The highest BCUT2D eigenvalue weighted by Gasteiger charge is 2.08. The summed E-state index contributed by atoms with van der Waals surface area (Å²) in [5, 5.41) is 3.56. The molecule has 0 saturated carbocycles. The Balaban J connectivity index is 1.87. The topological polar surface area (TPSA) is 21.3 Å². The van der Waals surface area contributed by atoms with E-state index >= 15 is 0 Å². The molecule has 0 fully saturated rings. The Kier molecular flexibility index (Phi) is 6.27. The van der Waals surface area contributed by atoms with Crippen molar-refractivity contribution in [3.8, 4) is 5.75 Å². The molecule has 2 nitrogen and oxygen atoms in total. The Morgan fingerprint density at radius 2 is 1.81 bits per heavy atom. The summed E-state index contributed by atoms with van der Waals surface area (Å²) in [6.45, 7) is 3.12. The Morgan fingerprint density at radius 1 is 1.10 bits per heavy atom. The largest absolute Gasteiger partial charge is 0.497 e. The van der Waals surface area contributed by atoms with E-state index in [1.54, 1.807) is 7.11 Å². The first-order valence-corrected chi connectivity index (χ1v) is 8.50. The number of hydrogen-bond acceptors (Lipinski definition) is 2. The van der Waals surface area contributed by atoms with E-state index in [4.69, 9.17) is 4.74 Å². The van der Waals surface area contributed by atoms with E-state index < -0.39 is 0 Å². The molecule has 0 aliphatic carbocycles. The van der Waals surface area contributed by atoms with Gasteiger partial charge in [-0.15, -0.1) is 0 Å². The molecular weight excluding hydrogens is 394 g/mol. The molecule has 0 aliphatic rings. The van der Waals surface area contributed by atoms with Crippen molar-refractivity contribution in [3.63, 3.8) is 0 Å². The molecule has 1 unspecified atom stereocenters. The van der Waals surface area contributed by atoms with Gasteiger partial charge in [-0.1, -0.05) is 50.1 Å². The van der Waals surface area contributed by atoms with Gasteiger partial charge in [-0.3, -0.25) is 0 Å². The zero-order valence-corrected chi connectivity index (χ0v) is 15.4. The van der Waals surface area contributed by atoms with Gasteiger partial charge in [-0.05, 0) is 55.3 Å². The van der Waals surface area contributed by atoms with Crippen molar-refractivity contribution in [2.24, 2.45) is 0 Å². The number of benzene rings is 2. The van der Waals surface area contributed by atoms with Crippen LogP contribution < -0.4 is 10.1 Å². The van der Waals surface area contributed by atoms with Crippen LogP contribution in [0, 0.1) is 0 Å². The van der Waals surface area contributed by atoms with Crippen LogP contribution in [0.25, 0.3) is 0 Å². The Bertz CT molecular complexity index is 584. The van der Waals surface area contributed by atoms with Crippen molar-refractivity contribution >= 4 is 31.9 Å². The van der Waals surface area contributed by atoms with Crippen LogP contribution in [0.5, 0.6) is 5.75 Å². The van der Waals surface area contributed by atoms with Gasteiger partial charge in [0, 0.05) is 15.0 Å². The molecule has 4 heteroatoms. The molecule has 2 aromatic rings. The zero-order valence-electron chi connectivity index (χ0n) is 12.2. The van der Waals surface area contributed by atoms with E-state index in [-0.39, 0.29) is 0 Å². The van der Waals surface area contributed by atoms with E-state index in [9.17, 15) is 0 Å². The highest BCUT2D eigenvalue weighted by molar-refractivity contribution is 9.11. The third kappa shape index (κ3) is 4.83. The first-order valence-electron chi connectivity index (χ1n) is 6.91. The minimum atomic E-state index is 0.311. The first-order chi connectivity index (χ1) is 10.1. The molecule has 0 aromatic heterocycles. The number of ether oxygens (including phenoxy) is 1. The number of nitrogens with one attached hydrogen (secondary N) is 1. The van der Waals surface area contributed by atoms with Crippen LogP contribution in [-0.4, -0.2) is 13.7 Å². The Hall–Kier alpha value is -0.840. The molecular formula is C17H19Br2NO. The van der Waals surface area contributed by atoms with Gasteiger partial charge in [0.1, 0.15) is 5.75 Å². The van der Waals surface area contributed by atoms with Crippen molar-refractivity contribution in [2.75, 3.05) is 13.7 Å². The molecule has 0 radical (unpaired) electrons. The minimum absolute atomic E-state index is 0.311. The average molecular weight is 413 g/mol. The van der Waals surface area contributed by atoms with Crippen LogP contribution in [0.1, 0.15) is 24.1 Å². The summed E-state index contributed by atoms with van der Waals surface area (Å²) in [7, 11) is 1.69. The van der Waals surface area contributed by atoms with Gasteiger partial charge in [-0.2, -0.15) is 0 Å². The lowest BCUT2D eigenvalue weighted by molar-refractivity contribution is 0.414. The molecule has 21 heavy (non-hydrogen) atoms. The SMILES string of the molecule is COc1ccc(CCNC(C)c2ccc(Br)cc2Br)cc1. The van der Waals surface area contributed by atoms with E-state index in [1.165, 1.54) is 11.1 Å². The molecule has 0 aliphatic heterocycles. The fraction of sp³-hybridized carbons (Fsp3) is 0.294. The van der Waals surface area contributed by atoms with Crippen LogP contribution in [-0.2, 0) is 6.42 Å². The van der Waals surface area contributed by atoms with Gasteiger partial charge in [-0.25, -0.2) is 0 Å². The molecule has 0 amide bonds. The number of methoxy groups -OCH3 is 1. The molecule has 0 heterocycles. The van der Waals surface area contributed by atoms with E-state index in [2.05, 4.69) is 74.4 Å². The molecule has 0 saturated heterocycles. The standard InChI is InChI=1S/C17H19Br2NO/c1-12(16-8-5-14(18)11-17(16)19)20-10-9-13-3-6-15(21-2)7-4-13/h3-8,11-12,20H,9-10H2,1-2H3. The van der Waals surface area contributed by atoms with E-state index in [1.807, 2.05) is 12.1 Å². The second-order valence-corrected chi connectivity index (χ2v) is 6.71. The predicted octanol–water partition coefficient (Wildman–Crippen LogP) is 5.11. The van der Waals surface area contributed by atoms with Crippen LogP contribution in [0.4, 0.5) is 0 Å². The highest BCUT2D eigenvalue weighted by Crippen LogP contribution is 2.26. The lowest BCUT2D eigenvalue weighted by Gasteiger charge is -2.16. The zero-order chi connectivity index (χ0) is 15.2. The number of rotatable bonds is 6. The highest BCUT2D eigenvalue weighted by atomic mass is 79.9. The van der Waals surface area contributed by atoms with Gasteiger partial charge in [0.05, 0.1) is 7.11 Å². The lowest BCUT2D eigenvalue weighted by atomic mass is 10.1. The fourth-order valence-electron chi connectivity index (χ4n) is 2.19.